The molecule has 2 N–H and O–H groups in total. The van der Waals surface area contributed by atoms with Gasteiger partial charge in [-0.1, -0.05) is 13.3 Å². The van der Waals surface area contributed by atoms with Crippen molar-refractivity contribution in [1.29, 1.82) is 0 Å². The van der Waals surface area contributed by atoms with Gasteiger partial charge in [0.25, 0.3) is 5.91 Å². The minimum absolute atomic E-state index is 0.144. The fraction of sp³-hybridized carbons (Fsp3) is 0.667. The van der Waals surface area contributed by atoms with E-state index in [1.807, 2.05) is 6.92 Å². The molecule has 0 saturated carbocycles. The second-order valence-electron chi connectivity index (χ2n) is 5.34. The normalized spacial score (nSPS) is 17.7. The van der Waals surface area contributed by atoms with Crippen molar-refractivity contribution in [2.45, 2.75) is 45.6 Å². The molecule has 116 valence electrons. The molecule has 6 nitrogen and oxygen atoms in total. The van der Waals surface area contributed by atoms with Gasteiger partial charge in [-0.15, -0.1) is 0 Å². The fourth-order valence-corrected chi connectivity index (χ4v) is 2.24. The molecule has 1 atom stereocenters. The third-order valence-electron chi connectivity index (χ3n) is 3.41. The number of nitrogens with zero attached hydrogens (tertiary/aromatic N) is 2. The standard InChI is InChI=1S/C15H24N4O2/c1-3-4-7-16-14(20)13-9-11(2)18-15(19-13)17-10-12-6-5-8-21-12/h9,12H,3-8,10H2,1-2H3,(H,16,20)(H,17,18,19). The first kappa shape index (κ1) is 15.7. The van der Waals surface area contributed by atoms with Gasteiger partial charge < -0.3 is 15.4 Å². The SMILES string of the molecule is CCCCNC(=O)c1cc(C)nc(NCC2CCCO2)n1. The molecule has 1 fully saturated rings. The van der Waals surface area contributed by atoms with Gasteiger partial charge in [-0.25, -0.2) is 9.97 Å². The summed E-state index contributed by atoms with van der Waals surface area (Å²) < 4.78 is 5.55. The molecule has 0 bridgehead atoms. The van der Waals surface area contributed by atoms with Gasteiger partial charge in [0.05, 0.1) is 6.10 Å². The summed E-state index contributed by atoms with van der Waals surface area (Å²) in [6.07, 6.45) is 4.41. The van der Waals surface area contributed by atoms with Crippen LogP contribution >= 0.6 is 0 Å². The zero-order chi connectivity index (χ0) is 15.1. The van der Waals surface area contributed by atoms with E-state index in [4.69, 9.17) is 4.74 Å². The van der Waals surface area contributed by atoms with Crippen LogP contribution in [0.25, 0.3) is 0 Å². The predicted molar refractivity (Wildman–Crippen MR) is 81.5 cm³/mol. The molecule has 21 heavy (non-hydrogen) atoms. The van der Waals surface area contributed by atoms with Crippen molar-refractivity contribution in [2.24, 2.45) is 0 Å². The Morgan fingerprint density at radius 1 is 1.48 bits per heavy atom. The van der Waals surface area contributed by atoms with Crippen molar-refractivity contribution in [1.82, 2.24) is 15.3 Å². The van der Waals surface area contributed by atoms with Crippen molar-refractivity contribution in [3.63, 3.8) is 0 Å². The van der Waals surface area contributed by atoms with Gasteiger partial charge in [0.1, 0.15) is 5.69 Å². The second kappa shape index (κ2) is 7.93. The average molecular weight is 292 g/mol. The Bertz CT molecular complexity index is 473. The monoisotopic (exact) mass is 292 g/mol. The summed E-state index contributed by atoms with van der Waals surface area (Å²) in [5.41, 5.74) is 1.19. The average Bonchev–Trinajstić information content (AvgIpc) is 2.98. The zero-order valence-electron chi connectivity index (χ0n) is 12.8. The van der Waals surface area contributed by atoms with Crippen molar-refractivity contribution < 1.29 is 9.53 Å². The molecule has 1 saturated heterocycles. The van der Waals surface area contributed by atoms with Gasteiger partial charge in [0.15, 0.2) is 0 Å². The van der Waals surface area contributed by atoms with Crippen LogP contribution in [0.3, 0.4) is 0 Å². The van der Waals surface area contributed by atoms with E-state index in [2.05, 4.69) is 27.5 Å². The van der Waals surface area contributed by atoms with E-state index in [1.54, 1.807) is 6.07 Å². The van der Waals surface area contributed by atoms with Crippen LogP contribution in [0.4, 0.5) is 5.95 Å². The lowest BCUT2D eigenvalue weighted by Crippen LogP contribution is -2.26. The number of unbranched alkanes of at least 4 members (excludes halogenated alkanes) is 1. The van der Waals surface area contributed by atoms with Crippen LogP contribution in [-0.4, -0.2) is 41.7 Å². The quantitative estimate of drug-likeness (QED) is 0.751. The highest BCUT2D eigenvalue weighted by Gasteiger charge is 2.16. The number of ether oxygens (including phenoxy) is 1. The summed E-state index contributed by atoms with van der Waals surface area (Å²) in [7, 11) is 0. The molecule has 2 rings (SSSR count). The number of carbonyl (C=O) groups is 1. The zero-order valence-corrected chi connectivity index (χ0v) is 12.8. The summed E-state index contributed by atoms with van der Waals surface area (Å²) in [6.45, 7) is 6.14. The first-order valence-electron chi connectivity index (χ1n) is 7.68. The van der Waals surface area contributed by atoms with Gasteiger partial charge in [-0.05, 0) is 32.3 Å². The Morgan fingerprint density at radius 2 is 2.33 bits per heavy atom. The van der Waals surface area contributed by atoms with Gasteiger partial charge in [-0.3, -0.25) is 4.79 Å². The molecular weight excluding hydrogens is 268 g/mol. The maximum absolute atomic E-state index is 12.0. The molecule has 1 amide bonds. The van der Waals surface area contributed by atoms with Crippen LogP contribution in [0.15, 0.2) is 6.07 Å². The van der Waals surface area contributed by atoms with Gasteiger partial charge in [0, 0.05) is 25.4 Å². The molecule has 0 radical (unpaired) electrons. The van der Waals surface area contributed by atoms with Crippen LogP contribution in [0.5, 0.6) is 0 Å². The lowest BCUT2D eigenvalue weighted by atomic mass is 10.2. The Balaban J connectivity index is 1.93. The van der Waals surface area contributed by atoms with Crippen LogP contribution in [0.2, 0.25) is 0 Å². The summed E-state index contributed by atoms with van der Waals surface area (Å²) >= 11 is 0. The number of anilines is 1. The lowest BCUT2D eigenvalue weighted by molar-refractivity contribution is 0.0948. The largest absolute Gasteiger partial charge is 0.376 e. The molecule has 1 aromatic rings. The number of aryl methyl sites for hydroxylation is 1. The van der Waals surface area contributed by atoms with E-state index >= 15 is 0 Å². The maximum atomic E-state index is 12.0. The van der Waals surface area contributed by atoms with Crippen LogP contribution in [0.1, 0.15) is 48.8 Å². The van der Waals surface area contributed by atoms with Crippen LogP contribution < -0.4 is 10.6 Å². The predicted octanol–water partition coefficient (Wildman–Crippen LogP) is 1.91. The van der Waals surface area contributed by atoms with E-state index < -0.39 is 0 Å². The molecule has 6 heteroatoms. The molecular formula is C15H24N4O2. The number of nitrogens with one attached hydrogen (secondary N) is 2. The fourth-order valence-electron chi connectivity index (χ4n) is 2.24. The summed E-state index contributed by atoms with van der Waals surface area (Å²) in [4.78, 5) is 20.6. The molecule has 0 aromatic carbocycles. The van der Waals surface area contributed by atoms with Gasteiger partial charge in [0.2, 0.25) is 5.95 Å². The smallest absolute Gasteiger partial charge is 0.270 e. The van der Waals surface area contributed by atoms with E-state index in [9.17, 15) is 4.79 Å². The Labute approximate surface area is 125 Å². The Hall–Kier alpha value is -1.69. The minimum Gasteiger partial charge on any atom is -0.376 e. The van der Waals surface area contributed by atoms with Crippen molar-refractivity contribution in [3.05, 3.63) is 17.5 Å². The molecule has 1 aliphatic rings. The maximum Gasteiger partial charge on any atom is 0.270 e. The highest BCUT2D eigenvalue weighted by Crippen LogP contribution is 2.13. The molecule has 2 heterocycles. The van der Waals surface area contributed by atoms with Crippen molar-refractivity contribution in [3.8, 4) is 0 Å². The van der Waals surface area contributed by atoms with E-state index in [0.29, 0.717) is 24.7 Å². The number of hydrogen-bond acceptors (Lipinski definition) is 5. The first-order valence-corrected chi connectivity index (χ1v) is 7.68. The molecule has 0 aliphatic carbocycles. The molecule has 1 aliphatic heterocycles. The first-order chi connectivity index (χ1) is 10.2. The summed E-state index contributed by atoms with van der Waals surface area (Å²) in [6, 6.07) is 1.71. The molecule has 1 aromatic heterocycles. The third kappa shape index (κ3) is 4.97. The van der Waals surface area contributed by atoms with Gasteiger partial charge in [-0.2, -0.15) is 0 Å². The Kier molecular flexibility index (Phi) is 5.92. The number of carbonyl (C=O) groups excluding carboxylic acids is 1. The summed E-state index contributed by atoms with van der Waals surface area (Å²) in [5.74, 6) is 0.347. The van der Waals surface area contributed by atoms with Crippen LogP contribution in [0, 0.1) is 6.92 Å². The van der Waals surface area contributed by atoms with Gasteiger partial charge >= 0.3 is 0 Å². The molecule has 0 spiro atoms. The van der Waals surface area contributed by atoms with Crippen molar-refractivity contribution >= 4 is 11.9 Å². The highest BCUT2D eigenvalue weighted by molar-refractivity contribution is 5.92. The number of aromatic nitrogens is 2. The van der Waals surface area contributed by atoms with E-state index in [-0.39, 0.29) is 12.0 Å². The summed E-state index contributed by atoms with van der Waals surface area (Å²) in [5, 5.41) is 6.03. The number of hydrogen-bond donors (Lipinski definition) is 2. The van der Waals surface area contributed by atoms with Crippen molar-refractivity contribution in [2.75, 3.05) is 25.0 Å². The number of rotatable bonds is 7. The second-order valence-corrected chi connectivity index (χ2v) is 5.34. The highest BCUT2D eigenvalue weighted by atomic mass is 16.5. The lowest BCUT2D eigenvalue weighted by Gasteiger charge is -2.12. The molecule has 1 unspecified atom stereocenters. The van der Waals surface area contributed by atoms with E-state index in [0.717, 1.165) is 38.0 Å². The topological polar surface area (TPSA) is 76.1 Å². The third-order valence-corrected chi connectivity index (χ3v) is 3.41. The minimum atomic E-state index is -0.144. The van der Waals surface area contributed by atoms with Crippen LogP contribution in [-0.2, 0) is 4.74 Å². The number of amides is 1. The Morgan fingerprint density at radius 3 is 3.05 bits per heavy atom. The van der Waals surface area contributed by atoms with E-state index in [1.165, 1.54) is 0 Å².